The summed E-state index contributed by atoms with van der Waals surface area (Å²) in [6.07, 6.45) is 2.94. The van der Waals surface area contributed by atoms with E-state index < -0.39 is 10.7 Å². The third-order valence-corrected chi connectivity index (χ3v) is 1.32. The topological polar surface area (TPSA) is 82.1 Å². The number of aromatic nitrogens is 2. The van der Waals surface area contributed by atoms with E-state index in [9.17, 15) is 14.5 Å². The van der Waals surface area contributed by atoms with Crippen LogP contribution in [0, 0.1) is 15.9 Å². The van der Waals surface area contributed by atoms with Crippen molar-refractivity contribution >= 4 is 5.69 Å². The molecule has 6 nitrogen and oxygen atoms in total. The minimum absolute atomic E-state index is 0.0959. The Kier molecular flexibility index (Phi) is 3.90. The fourth-order valence-electron chi connectivity index (χ4n) is 0.699. The lowest BCUT2D eigenvalue weighted by atomic mass is 10.3. The van der Waals surface area contributed by atoms with Crippen molar-refractivity contribution in [1.29, 1.82) is 0 Å². The Morgan fingerprint density at radius 1 is 1.20 bits per heavy atom. The highest BCUT2D eigenvalue weighted by atomic mass is 19.1. The highest BCUT2D eigenvalue weighted by molar-refractivity contribution is 5.28. The van der Waals surface area contributed by atoms with Crippen molar-refractivity contribution in [3.8, 4) is 0 Å². The molecule has 0 saturated heterocycles. The first kappa shape index (κ1) is 10.8. The third-order valence-electron chi connectivity index (χ3n) is 1.32. The third kappa shape index (κ3) is 3.94. The van der Waals surface area contributed by atoms with Gasteiger partial charge >= 0.3 is 0 Å². The second-order valence-corrected chi connectivity index (χ2v) is 2.32. The summed E-state index contributed by atoms with van der Waals surface area (Å²) in [5.74, 6) is -0.467. The van der Waals surface area contributed by atoms with Crippen molar-refractivity contribution in [2.24, 2.45) is 0 Å². The Morgan fingerprint density at radius 3 is 2.07 bits per heavy atom. The molecule has 2 aromatic rings. The van der Waals surface area contributed by atoms with Gasteiger partial charge < -0.3 is 0 Å². The summed E-state index contributed by atoms with van der Waals surface area (Å²) < 4.78 is 16.2. The van der Waals surface area contributed by atoms with Gasteiger partial charge in [0.2, 0.25) is 0 Å². The molecule has 7 heteroatoms. The summed E-state index contributed by atoms with van der Waals surface area (Å²) in [6, 6.07) is 4.35. The van der Waals surface area contributed by atoms with Gasteiger partial charge in [0.05, 0.1) is 17.3 Å². The number of non-ortho nitro benzene ring substituents is 1. The maximum absolute atomic E-state index is 12.1. The van der Waals surface area contributed by atoms with Crippen molar-refractivity contribution < 1.29 is 13.9 Å². The first-order valence-corrected chi connectivity index (χ1v) is 3.81. The molecule has 2 rings (SSSR count). The molecule has 0 radical (unpaired) electrons. The predicted octanol–water partition coefficient (Wildman–Crippen LogP) is 1.80. The van der Waals surface area contributed by atoms with Crippen molar-refractivity contribution in [3.05, 3.63) is 52.6 Å². The molecule has 0 bridgehead atoms. The summed E-state index contributed by atoms with van der Waals surface area (Å²) in [5.41, 5.74) is -0.0959. The molecule has 0 aliphatic heterocycles. The number of hydrogen-bond acceptors (Lipinski definition) is 5. The Hall–Kier alpha value is -2.31. The molecule has 0 spiro atoms. The molecule has 1 heterocycles. The van der Waals surface area contributed by atoms with E-state index in [0.29, 0.717) is 0 Å². The first-order valence-electron chi connectivity index (χ1n) is 3.81. The van der Waals surface area contributed by atoms with Gasteiger partial charge in [0.15, 0.2) is 0 Å². The van der Waals surface area contributed by atoms with Gasteiger partial charge in [0.1, 0.15) is 5.82 Å². The number of nitro benzene ring substituents is 1. The van der Waals surface area contributed by atoms with Crippen LogP contribution >= 0.6 is 0 Å². The van der Waals surface area contributed by atoms with Gasteiger partial charge in [0, 0.05) is 12.1 Å². The van der Waals surface area contributed by atoms with E-state index in [1.807, 2.05) is 0 Å². The van der Waals surface area contributed by atoms with E-state index in [1.54, 1.807) is 0 Å². The Balaban J connectivity index is 0.000000187. The van der Waals surface area contributed by atoms with E-state index in [1.165, 1.54) is 12.4 Å². The quantitative estimate of drug-likeness (QED) is 0.530. The van der Waals surface area contributed by atoms with Crippen LogP contribution in [0.1, 0.15) is 0 Å². The molecule has 0 fully saturated rings. The van der Waals surface area contributed by atoms with Crippen LogP contribution in [0.2, 0.25) is 0 Å². The van der Waals surface area contributed by atoms with Crippen molar-refractivity contribution in [3.63, 3.8) is 0 Å². The van der Waals surface area contributed by atoms with Crippen LogP contribution in [0.15, 0.2) is 41.3 Å². The molecule has 1 aromatic heterocycles. The van der Waals surface area contributed by atoms with Crippen LogP contribution in [0.3, 0.4) is 0 Å². The van der Waals surface area contributed by atoms with Crippen LogP contribution in [-0.4, -0.2) is 15.2 Å². The van der Waals surface area contributed by atoms with Crippen molar-refractivity contribution in [1.82, 2.24) is 10.3 Å². The number of hydrogen-bond donors (Lipinski definition) is 0. The second-order valence-electron chi connectivity index (χ2n) is 2.32. The lowest BCUT2D eigenvalue weighted by molar-refractivity contribution is -0.384. The largest absolute Gasteiger partial charge is 0.269 e. The summed E-state index contributed by atoms with van der Waals surface area (Å²) in [4.78, 5) is 9.43. The predicted molar refractivity (Wildman–Crippen MR) is 47.4 cm³/mol. The Morgan fingerprint density at radius 2 is 1.73 bits per heavy atom. The highest BCUT2D eigenvalue weighted by Gasteiger charge is 2.01. The number of benzene rings is 1. The average Bonchev–Trinajstić information content (AvgIpc) is 2.76. The van der Waals surface area contributed by atoms with E-state index in [-0.39, 0.29) is 5.69 Å². The molecule has 0 N–H and O–H groups in total. The zero-order chi connectivity index (χ0) is 11.1. The highest BCUT2D eigenvalue weighted by Crippen LogP contribution is 2.09. The molecule has 0 atom stereocenters. The fourth-order valence-corrected chi connectivity index (χ4v) is 0.699. The second kappa shape index (κ2) is 5.43. The zero-order valence-electron chi connectivity index (χ0n) is 7.41. The molecule has 0 aliphatic rings. The van der Waals surface area contributed by atoms with E-state index in [0.717, 1.165) is 24.3 Å². The number of nitrogens with zero attached hydrogens (tertiary/aromatic N) is 3. The molecule has 15 heavy (non-hydrogen) atoms. The maximum atomic E-state index is 12.1. The molecule has 0 amide bonds. The average molecular weight is 211 g/mol. The summed E-state index contributed by atoms with van der Waals surface area (Å²) in [7, 11) is 0. The minimum Gasteiger partial charge on any atom is -0.258 e. The van der Waals surface area contributed by atoms with Crippen LogP contribution in [-0.2, 0) is 0 Å². The zero-order valence-corrected chi connectivity index (χ0v) is 7.41. The fraction of sp³-hybridized carbons (Fsp3) is 0. The van der Waals surface area contributed by atoms with Gasteiger partial charge in [-0.15, -0.1) is 0 Å². The number of rotatable bonds is 1. The van der Waals surface area contributed by atoms with Crippen molar-refractivity contribution in [2.75, 3.05) is 0 Å². The molecule has 0 unspecified atom stereocenters. The van der Waals surface area contributed by atoms with Crippen molar-refractivity contribution in [2.45, 2.75) is 0 Å². The normalized spacial score (nSPS) is 8.87. The van der Waals surface area contributed by atoms with Gasteiger partial charge in [-0.2, -0.15) is 0 Å². The number of nitro groups is 1. The minimum atomic E-state index is -0.570. The summed E-state index contributed by atoms with van der Waals surface area (Å²) in [6.45, 7) is 0. The van der Waals surface area contributed by atoms with E-state index >= 15 is 0 Å². The van der Waals surface area contributed by atoms with Gasteiger partial charge in [-0.25, -0.2) is 9.02 Å². The molecule has 0 saturated carbocycles. The van der Waals surface area contributed by atoms with E-state index in [4.69, 9.17) is 0 Å². The van der Waals surface area contributed by atoms with Crippen LogP contribution in [0.25, 0.3) is 0 Å². The Labute approximate surface area is 83.4 Å². The van der Waals surface area contributed by atoms with E-state index in [2.05, 4.69) is 14.9 Å². The lowest BCUT2D eigenvalue weighted by Crippen LogP contribution is -1.86. The molecule has 1 aromatic carbocycles. The molecular weight excluding hydrogens is 205 g/mol. The SMILES string of the molecule is O=[N+]([O-])c1ccc(F)cc1.c1cnon1. The number of halogens is 1. The van der Waals surface area contributed by atoms with Gasteiger partial charge in [0.25, 0.3) is 5.69 Å². The lowest BCUT2D eigenvalue weighted by Gasteiger charge is -1.87. The maximum Gasteiger partial charge on any atom is 0.269 e. The van der Waals surface area contributed by atoms with Gasteiger partial charge in [-0.3, -0.25) is 10.1 Å². The Bertz CT molecular complexity index is 384. The molecule has 78 valence electrons. The molecule has 0 aliphatic carbocycles. The van der Waals surface area contributed by atoms with Gasteiger partial charge in [-0.1, -0.05) is 10.3 Å². The molecular formula is C8H6FN3O3. The first-order chi connectivity index (χ1) is 7.20. The van der Waals surface area contributed by atoms with Crippen LogP contribution in [0.4, 0.5) is 10.1 Å². The standard InChI is InChI=1S/C6H4FNO2.C2H2N2O/c7-5-1-3-6(4-2-5)8(9)10;1-2-4-5-3-1/h1-4H;1-2H. The monoisotopic (exact) mass is 211 g/mol. The van der Waals surface area contributed by atoms with Crippen LogP contribution in [0.5, 0.6) is 0 Å². The summed E-state index contributed by atoms with van der Waals surface area (Å²) >= 11 is 0. The van der Waals surface area contributed by atoms with Crippen LogP contribution < -0.4 is 0 Å². The smallest absolute Gasteiger partial charge is 0.258 e. The summed E-state index contributed by atoms with van der Waals surface area (Å²) in [5, 5.41) is 16.5. The van der Waals surface area contributed by atoms with Gasteiger partial charge in [-0.05, 0) is 12.1 Å².